The van der Waals surface area contributed by atoms with Crippen molar-refractivity contribution in [2.45, 2.75) is 38.7 Å². The molecule has 2 aromatic rings. The summed E-state index contributed by atoms with van der Waals surface area (Å²) < 4.78 is 16.3. The van der Waals surface area contributed by atoms with Gasteiger partial charge in [0.25, 0.3) is 0 Å². The molecule has 0 N–H and O–H groups in total. The van der Waals surface area contributed by atoms with Crippen molar-refractivity contribution in [3.8, 4) is 5.75 Å². The third-order valence-corrected chi connectivity index (χ3v) is 5.20. The Morgan fingerprint density at radius 1 is 1.18 bits per heavy atom. The van der Waals surface area contributed by atoms with E-state index in [0.29, 0.717) is 25.7 Å². The molecule has 28 heavy (non-hydrogen) atoms. The van der Waals surface area contributed by atoms with E-state index in [2.05, 4.69) is 36.1 Å². The molecule has 1 heterocycles. The van der Waals surface area contributed by atoms with Crippen molar-refractivity contribution < 1.29 is 19.0 Å². The predicted molar refractivity (Wildman–Crippen MR) is 110 cm³/mol. The zero-order chi connectivity index (χ0) is 19.9. The van der Waals surface area contributed by atoms with Gasteiger partial charge in [-0.15, -0.1) is 0 Å². The lowest BCUT2D eigenvalue weighted by Gasteiger charge is -2.34. The molecule has 1 aliphatic heterocycles. The quantitative estimate of drug-likeness (QED) is 0.641. The summed E-state index contributed by atoms with van der Waals surface area (Å²) in [5.74, 6) is 1.05. The van der Waals surface area contributed by atoms with E-state index in [1.54, 1.807) is 0 Å². The van der Waals surface area contributed by atoms with E-state index in [0.717, 1.165) is 24.3 Å². The molecule has 0 saturated carbocycles. The van der Waals surface area contributed by atoms with Crippen LogP contribution in [0, 0.1) is 0 Å². The van der Waals surface area contributed by atoms with Crippen molar-refractivity contribution in [3.05, 3.63) is 59.7 Å². The standard InChI is InChI=1S/C23H29NO4/c1-4-27-22(23(25)26-3)15-18-9-11-19(12-10-18)28-16-24-14-13-17(2)20-7-5-6-8-21(20)24/h5-12,17,22H,4,13-16H2,1-3H3. The summed E-state index contributed by atoms with van der Waals surface area (Å²) in [6.45, 7) is 6.13. The first-order valence-electron chi connectivity index (χ1n) is 9.87. The van der Waals surface area contributed by atoms with Crippen LogP contribution >= 0.6 is 0 Å². The largest absolute Gasteiger partial charge is 0.473 e. The number of fused-ring (bicyclic) bond motifs is 1. The van der Waals surface area contributed by atoms with Crippen molar-refractivity contribution in [3.63, 3.8) is 0 Å². The molecule has 3 rings (SSSR count). The molecule has 1 aliphatic rings. The second-order valence-corrected chi connectivity index (χ2v) is 7.10. The lowest BCUT2D eigenvalue weighted by atomic mass is 9.92. The number of esters is 1. The normalized spacial score (nSPS) is 17.0. The minimum Gasteiger partial charge on any atom is -0.473 e. The zero-order valence-electron chi connectivity index (χ0n) is 16.9. The smallest absolute Gasteiger partial charge is 0.335 e. The fourth-order valence-corrected chi connectivity index (χ4v) is 3.58. The summed E-state index contributed by atoms with van der Waals surface area (Å²) in [5.41, 5.74) is 3.65. The maximum Gasteiger partial charge on any atom is 0.335 e. The first-order chi connectivity index (χ1) is 13.6. The van der Waals surface area contributed by atoms with Gasteiger partial charge in [0.2, 0.25) is 0 Å². The lowest BCUT2D eigenvalue weighted by molar-refractivity contribution is -0.153. The third kappa shape index (κ3) is 4.84. The van der Waals surface area contributed by atoms with Gasteiger partial charge in [0.05, 0.1) is 7.11 Å². The Morgan fingerprint density at radius 2 is 1.93 bits per heavy atom. The van der Waals surface area contributed by atoms with Crippen LogP contribution in [0.2, 0.25) is 0 Å². The number of hydrogen-bond acceptors (Lipinski definition) is 5. The average Bonchev–Trinajstić information content (AvgIpc) is 2.73. The van der Waals surface area contributed by atoms with E-state index in [-0.39, 0.29) is 5.97 Å². The van der Waals surface area contributed by atoms with Crippen LogP contribution in [0.15, 0.2) is 48.5 Å². The van der Waals surface area contributed by atoms with Crippen molar-refractivity contribution >= 4 is 11.7 Å². The molecular weight excluding hydrogens is 354 g/mol. The topological polar surface area (TPSA) is 48.0 Å². The van der Waals surface area contributed by atoms with E-state index in [4.69, 9.17) is 14.2 Å². The highest BCUT2D eigenvalue weighted by molar-refractivity contribution is 5.75. The number of methoxy groups -OCH3 is 1. The van der Waals surface area contributed by atoms with Crippen LogP contribution in [-0.4, -0.2) is 39.1 Å². The van der Waals surface area contributed by atoms with Crippen molar-refractivity contribution in [1.82, 2.24) is 0 Å². The van der Waals surface area contributed by atoms with Crippen molar-refractivity contribution in [2.24, 2.45) is 0 Å². The molecular formula is C23H29NO4. The molecule has 2 atom stereocenters. The molecule has 0 aliphatic carbocycles. The van der Waals surface area contributed by atoms with E-state index < -0.39 is 6.10 Å². The van der Waals surface area contributed by atoms with E-state index in [1.165, 1.54) is 18.4 Å². The Labute approximate surface area is 167 Å². The van der Waals surface area contributed by atoms with Gasteiger partial charge >= 0.3 is 5.97 Å². The van der Waals surface area contributed by atoms with Crippen LogP contribution in [0.3, 0.4) is 0 Å². The number of anilines is 1. The van der Waals surface area contributed by atoms with Gasteiger partial charge in [-0.2, -0.15) is 0 Å². The Bertz CT molecular complexity index is 774. The highest BCUT2D eigenvalue weighted by Gasteiger charge is 2.22. The maximum atomic E-state index is 11.8. The monoisotopic (exact) mass is 383 g/mol. The van der Waals surface area contributed by atoms with Crippen LogP contribution in [-0.2, 0) is 20.7 Å². The molecule has 0 fully saturated rings. The number of nitrogens with zero attached hydrogens (tertiary/aromatic N) is 1. The number of ether oxygens (including phenoxy) is 3. The third-order valence-electron chi connectivity index (χ3n) is 5.20. The maximum absolute atomic E-state index is 11.8. The van der Waals surface area contributed by atoms with Gasteiger partial charge in [-0.25, -0.2) is 4.79 Å². The van der Waals surface area contributed by atoms with Gasteiger partial charge in [0, 0.05) is 25.3 Å². The van der Waals surface area contributed by atoms with Gasteiger partial charge in [-0.05, 0) is 48.6 Å². The number of carbonyl (C=O) groups is 1. The molecule has 0 saturated heterocycles. The van der Waals surface area contributed by atoms with Crippen molar-refractivity contribution in [2.75, 3.05) is 31.9 Å². The molecule has 0 aromatic heterocycles. The molecule has 150 valence electrons. The van der Waals surface area contributed by atoms with Crippen LogP contribution in [0.5, 0.6) is 5.75 Å². The summed E-state index contributed by atoms with van der Waals surface area (Å²) in [5, 5.41) is 0. The van der Waals surface area contributed by atoms with E-state index in [1.807, 2.05) is 31.2 Å². The summed E-state index contributed by atoms with van der Waals surface area (Å²) in [4.78, 5) is 14.1. The highest BCUT2D eigenvalue weighted by atomic mass is 16.6. The van der Waals surface area contributed by atoms with Gasteiger partial charge in [0.15, 0.2) is 12.8 Å². The fraction of sp³-hybridized carbons (Fsp3) is 0.435. The van der Waals surface area contributed by atoms with Crippen LogP contribution in [0.1, 0.15) is 37.3 Å². The minimum atomic E-state index is -0.575. The Balaban J connectivity index is 1.59. The SMILES string of the molecule is CCOC(Cc1ccc(OCN2CCC(C)c3ccccc32)cc1)C(=O)OC. The zero-order valence-corrected chi connectivity index (χ0v) is 16.9. The van der Waals surface area contributed by atoms with E-state index in [9.17, 15) is 4.79 Å². The van der Waals surface area contributed by atoms with Crippen LogP contribution in [0.25, 0.3) is 0 Å². The first-order valence-corrected chi connectivity index (χ1v) is 9.87. The van der Waals surface area contributed by atoms with Gasteiger partial charge < -0.3 is 19.1 Å². The molecule has 2 aromatic carbocycles. The average molecular weight is 383 g/mol. The molecule has 0 spiro atoms. The fourth-order valence-electron chi connectivity index (χ4n) is 3.58. The van der Waals surface area contributed by atoms with Crippen LogP contribution < -0.4 is 9.64 Å². The second kappa shape index (κ2) is 9.60. The van der Waals surface area contributed by atoms with Gasteiger partial charge in [-0.3, -0.25) is 0 Å². The Morgan fingerprint density at radius 3 is 2.64 bits per heavy atom. The van der Waals surface area contributed by atoms with E-state index >= 15 is 0 Å². The summed E-state index contributed by atoms with van der Waals surface area (Å²) in [7, 11) is 1.38. The highest BCUT2D eigenvalue weighted by Crippen LogP contribution is 2.34. The molecule has 5 nitrogen and oxygen atoms in total. The van der Waals surface area contributed by atoms with Gasteiger partial charge in [0.1, 0.15) is 5.75 Å². The first kappa shape index (κ1) is 20.2. The second-order valence-electron chi connectivity index (χ2n) is 7.10. The number of carbonyl (C=O) groups excluding carboxylic acids is 1. The number of benzene rings is 2. The summed E-state index contributed by atoms with van der Waals surface area (Å²) in [6.07, 6.45) is 1.04. The molecule has 2 unspecified atom stereocenters. The number of para-hydroxylation sites is 1. The molecule has 0 bridgehead atoms. The lowest BCUT2D eigenvalue weighted by Crippen LogP contribution is -2.33. The number of rotatable bonds is 8. The molecule has 0 radical (unpaired) electrons. The van der Waals surface area contributed by atoms with Crippen LogP contribution in [0.4, 0.5) is 5.69 Å². The Kier molecular flexibility index (Phi) is 6.93. The minimum absolute atomic E-state index is 0.347. The summed E-state index contributed by atoms with van der Waals surface area (Å²) in [6, 6.07) is 16.4. The Hall–Kier alpha value is -2.53. The molecule has 5 heteroatoms. The predicted octanol–water partition coefficient (Wildman–Crippen LogP) is 4.16. The molecule has 0 amide bonds. The van der Waals surface area contributed by atoms with Gasteiger partial charge in [-0.1, -0.05) is 37.3 Å². The summed E-state index contributed by atoms with van der Waals surface area (Å²) >= 11 is 0. The van der Waals surface area contributed by atoms with Crippen molar-refractivity contribution in [1.29, 1.82) is 0 Å². The number of hydrogen-bond donors (Lipinski definition) is 0.